The van der Waals surface area contributed by atoms with Crippen molar-refractivity contribution in [2.24, 2.45) is 0 Å². The van der Waals surface area contributed by atoms with Gasteiger partial charge in [-0.3, -0.25) is 9.59 Å². The van der Waals surface area contributed by atoms with Gasteiger partial charge in [0.2, 0.25) is 0 Å². The second-order valence-electron chi connectivity index (χ2n) is 5.38. The highest BCUT2D eigenvalue weighted by Gasteiger charge is 2.16. The van der Waals surface area contributed by atoms with E-state index in [1.165, 1.54) is 28.9 Å². The Kier molecular flexibility index (Phi) is 4.37. The molecule has 3 rings (SSSR count). The summed E-state index contributed by atoms with van der Waals surface area (Å²) in [5, 5.41) is 7.85. The standard InChI is InChI=1S/C18H16FN3O2/c1-2-11-22-18(24)15-6-4-3-5-14(15)16(21-22)17(23)20-13-9-7-12(19)8-10-13/h3-10H,2,11H2,1H3,(H,20,23). The molecule has 0 aliphatic carbocycles. The number of hydrogen-bond donors (Lipinski definition) is 1. The van der Waals surface area contributed by atoms with Crippen LogP contribution < -0.4 is 10.9 Å². The lowest BCUT2D eigenvalue weighted by Gasteiger charge is -2.10. The van der Waals surface area contributed by atoms with Gasteiger partial charge in [0.1, 0.15) is 5.82 Å². The molecule has 5 nitrogen and oxygen atoms in total. The Morgan fingerprint density at radius 3 is 2.46 bits per heavy atom. The Labute approximate surface area is 137 Å². The normalized spacial score (nSPS) is 10.8. The minimum absolute atomic E-state index is 0.169. The van der Waals surface area contributed by atoms with Crippen LogP contribution in [0.3, 0.4) is 0 Å². The van der Waals surface area contributed by atoms with Crippen LogP contribution in [0.5, 0.6) is 0 Å². The average molecular weight is 325 g/mol. The molecule has 0 aliphatic heterocycles. The topological polar surface area (TPSA) is 64.0 Å². The molecule has 1 aromatic heterocycles. The van der Waals surface area contributed by atoms with Gasteiger partial charge in [0, 0.05) is 17.6 Å². The number of amides is 1. The first kappa shape index (κ1) is 15.9. The number of fused-ring (bicyclic) bond motifs is 1. The minimum atomic E-state index is -0.442. The smallest absolute Gasteiger partial charge is 0.276 e. The monoisotopic (exact) mass is 325 g/mol. The van der Waals surface area contributed by atoms with E-state index in [2.05, 4.69) is 10.4 Å². The summed E-state index contributed by atoms with van der Waals surface area (Å²) in [6.07, 6.45) is 0.726. The molecule has 2 aromatic carbocycles. The molecule has 0 bridgehead atoms. The highest BCUT2D eigenvalue weighted by Crippen LogP contribution is 2.16. The van der Waals surface area contributed by atoms with E-state index in [1.807, 2.05) is 6.92 Å². The molecule has 122 valence electrons. The van der Waals surface area contributed by atoms with Crippen molar-refractivity contribution in [1.29, 1.82) is 0 Å². The molecule has 0 aliphatic rings. The van der Waals surface area contributed by atoms with Crippen molar-refractivity contribution >= 4 is 22.4 Å². The van der Waals surface area contributed by atoms with E-state index in [0.717, 1.165) is 6.42 Å². The van der Waals surface area contributed by atoms with Crippen molar-refractivity contribution in [2.45, 2.75) is 19.9 Å². The third-order valence-electron chi connectivity index (χ3n) is 3.62. The average Bonchev–Trinajstić information content (AvgIpc) is 2.59. The Bertz CT molecular complexity index is 949. The maximum Gasteiger partial charge on any atom is 0.276 e. The Morgan fingerprint density at radius 2 is 1.79 bits per heavy atom. The number of nitrogens with zero attached hydrogens (tertiary/aromatic N) is 2. The van der Waals surface area contributed by atoms with Crippen molar-refractivity contribution in [2.75, 3.05) is 5.32 Å². The number of halogens is 1. The number of benzene rings is 2. The maximum absolute atomic E-state index is 13.0. The van der Waals surface area contributed by atoms with Gasteiger partial charge in [0.25, 0.3) is 11.5 Å². The molecule has 0 fully saturated rings. The van der Waals surface area contributed by atoms with Crippen LogP contribution >= 0.6 is 0 Å². The number of carbonyl (C=O) groups excluding carboxylic acids is 1. The molecule has 0 atom stereocenters. The predicted molar refractivity (Wildman–Crippen MR) is 90.6 cm³/mol. The van der Waals surface area contributed by atoms with E-state index in [4.69, 9.17) is 0 Å². The van der Waals surface area contributed by atoms with Gasteiger partial charge in [-0.1, -0.05) is 25.1 Å². The highest BCUT2D eigenvalue weighted by atomic mass is 19.1. The van der Waals surface area contributed by atoms with Gasteiger partial charge in [0.05, 0.1) is 5.39 Å². The first-order valence-electron chi connectivity index (χ1n) is 7.67. The molecule has 6 heteroatoms. The van der Waals surface area contributed by atoms with Gasteiger partial charge in [-0.25, -0.2) is 9.07 Å². The number of rotatable bonds is 4. The Morgan fingerprint density at radius 1 is 1.12 bits per heavy atom. The summed E-state index contributed by atoms with van der Waals surface area (Å²) >= 11 is 0. The van der Waals surface area contributed by atoms with Crippen molar-refractivity contribution in [3.63, 3.8) is 0 Å². The largest absolute Gasteiger partial charge is 0.321 e. The fourth-order valence-corrected chi connectivity index (χ4v) is 2.49. The van der Waals surface area contributed by atoms with Crippen LogP contribution in [-0.2, 0) is 6.54 Å². The quantitative estimate of drug-likeness (QED) is 0.801. The second-order valence-corrected chi connectivity index (χ2v) is 5.38. The summed E-state index contributed by atoms with van der Waals surface area (Å²) in [5.41, 5.74) is 0.411. The highest BCUT2D eigenvalue weighted by molar-refractivity contribution is 6.11. The summed E-state index contributed by atoms with van der Waals surface area (Å²) in [6, 6.07) is 12.3. The molecular formula is C18H16FN3O2. The summed E-state index contributed by atoms with van der Waals surface area (Å²) in [5.74, 6) is -0.823. The van der Waals surface area contributed by atoms with Crippen LogP contribution in [0.2, 0.25) is 0 Å². The van der Waals surface area contributed by atoms with E-state index < -0.39 is 5.91 Å². The van der Waals surface area contributed by atoms with Gasteiger partial charge in [0.15, 0.2) is 5.69 Å². The zero-order valence-corrected chi connectivity index (χ0v) is 13.1. The second kappa shape index (κ2) is 6.62. The molecule has 1 amide bonds. The van der Waals surface area contributed by atoms with Crippen molar-refractivity contribution in [3.05, 3.63) is 70.4 Å². The van der Waals surface area contributed by atoms with Crippen LogP contribution in [0.4, 0.5) is 10.1 Å². The van der Waals surface area contributed by atoms with Crippen LogP contribution in [0.25, 0.3) is 10.8 Å². The van der Waals surface area contributed by atoms with E-state index >= 15 is 0 Å². The van der Waals surface area contributed by atoms with E-state index in [1.54, 1.807) is 24.3 Å². The Balaban J connectivity index is 2.07. The number of hydrogen-bond acceptors (Lipinski definition) is 3. The Hall–Kier alpha value is -3.02. The number of carbonyl (C=O) groups is 1. The van der Waals surface area contributed by atoms with Crippen molar-refractivity contribution < 1.29 is 9.18 Å². The van der Waals surface area contributed by atoms with E-state index in [9.17, 15) is 14.0 Å². The van der Waals surface area contributed by atoms with Crippen molar-refractivity contribution in [3.8, 4) is 0 Å². The van der Waals surface area contributed by atoms with Gasteiger partial charge in [-0.15, -0.1) is 0 Å². The molecule has 0 saturated carbocycles. The zero-order chi connectivity index (χ0) is 17.1. The van der Waals surface area contributed by atoms with Crippen LogP contribution in [0, 0.1) is 5.82 Å². The lowest BCUT2D eigenvalue weighted by Crippen LogP contribution is -2.27. The molecule has 24 heavy (non-hydrogen) atoms. The minimum Gasteiger partial charge on any atom is -0.321 e. The van der Waals surface area contributed by atoms with Crippen LogP contribution in [-0.4, -0.2) is 15.7 Å². The fourth-order valence-electron chi connectivity index (χ4n) is 2.49. The third kappa shape index (κ3) is 3.03. The lowest BCUT2D eigenvalue weighted by atomic mass is 10.1. The molecule has 1 N–H and O–H groups in total. The molecule has 0 radical (unpaired) electrons. The molecular weight excluding hydrogens is 309 g/mol. The number of aryl methyl sites for hydroxylation is 1. The van der Waals surface area contributed by atoms with Crippen molar-refractivity contribution in [1.82, 2.24) is 9.78 Å². The molecule has 0 saturated heterocycles. The van der Waals surface area contributed by atoms with Gasteiger partial charge >= 0.3 is 0 Å². The molecule has 3 aromatic rings. The number of anilines is 1. The van der Waals surface area contributed by atoms with Crippen LogP contribution in [0.15, 0.2) is 53.3 Å². The number of aromatic nitrogens is 2. The van der Waals surface area contributed by atoms with Crippen LogP contribution in [0.1, 0.15) is 23.8 Å². The SMILES string of the molecule is CCCn1nc(C(=O)Nc2ccc(F)cc2)c2ccccc2c1=O. The molecule has 1 heterocycles. The summed E-state index contributed by atoms with van der Waals surface area (Å²) in [7, 11) is 0. The fraction of sp³-hybridized carbons (Fsp3) is 0.167. The molecule has 0 unspecified atom stereocenters. The first-order valence-corrected chi connectivity index (χ1v) is 7.67. The van der Waals surface area contributed by atoms with Gasteiger partial charge < -0.3 is 5.32 Å². The predicted octanol–water partition coefficient (Wildman–Crippen LogP) is 3.20. The van der Waals surface area contributed by atoms with Gasteiger partial charge in [-0.2, -0.15) is 5.10 Å². The summed E-state index contributed by atoms with van der Waals surface area (Å²) in [4.78, 5) is 25.0. The summed E-state index contributed by atoms with van der Waals surface area (Å²) < 4.78 is 14.3. The zero-order valence-electron chi connectivity index (χ0n) is 13.1. The van der Waals surface area contributed by atoms with E-state index in [-0.39, 0.29) is 17.1 Å². The lowest BCUT2D eigenvalue weighted by molar-refractivity contribution is 0.102. The first-order chi connectivity index (χ1) is 11.6. The third-order valence-corrected chi connectivity index (χ3v) is 3.62. The van der Waals surface area contributed by atoms with E-state index in [0.29, 0.717) is 23.0 Å². The molecule has 0 spiro atoms. The summed E-state index contributed by atoms with van der Waals surface area (Å²) in [6.45, 7) is 2.36. The van der Waals surface area contributed by atoms with Gasteiger partial charge in [-0.05, 0) is 36.8 Å². The maximum atomic E-state index is 13.0. The number of nitrogens with one attached hydrogen (secondary N) is 1.